The first-order valence-electron chi connectivity index (χ1n) is 6.78. The highest BCUT2D eigenvalue weighted by molar-refractivity contribution is 9.10. The predicted molar refractivity (Wildman–Crippen MR) is 82.7 cm³/mol. The molecule has 1 saturated carbocycles. The highest BCUT2D eigenvalue weighted by atomic mass is 79.9. The van der Waals surface area contributed by atoms with Gasteiger partial charge in [0.2, 0.25) is 0 Å². The van der Waals surface area contributed by atoms with Crippen LogP contribution in [-0.4, -0.2) is 9.97 Å². The minimum atomic E-state index is 0.640. The van der Waals surface area contributed by atoms with E-state index in [9.17, 15) is 0 Å². The SMILES string of the molecule is Clc1ccc(-c2nc3c(c(C4CC4)n2)CNC3)cc1Br. The van der Waals surface area contributed by atoms with Crippen LogP contribution in [0.4, 0.5) is 0 Å². The molecule has 0 bridgehead atoms. The zero-order chi connectivity index (χ0) is 13.7. The molecule has 0 radical (unpaired) electrons. The molecule has 20 heavy (non-hydrogen) atoms. The highest BCUT2D eigenvalue weighted by Gasteiger charge is 2.31. The topological polar surface area (TPSA) is 37.8 Å². The molecule has 2 heterocycles. The van der Waals surface area contributed by atoms with Gasteiger partial charge >= 0.3 is 0 Å². The van der Waals surface area contributed by atoms with E-state index in [0.29, 0.717) is 10.9 Å². The third-order valence-electron chi connectivity index (χ3n) is 3.86. The van der Waals surface area contributed by atoms with E-state index in [0.717, 1.165) is 34.6 Å². The zero-order valence-electron chi connectivity index (χ0n) is 10.8. The average Bonchev–Trinajstić information content (AvgIpc) is 3.18. The fourth-order valence-electron chi connectivity index (χ4n) is 2.65. The molecule has 1 aromatic carbocycles. The molecule has 1 N–H and O–H groups in total. The van der Waals surface area contributed by atoms with Crippen molar-refractivity contribution in [2.24, 2.45) is 0 Å². The Balaban J connectivity index is 1.85. The van der Waals surface area contributed by atoms with Crippen LogP contribution in [0.5, 0.6) is 0 Å². The van der Waals surface area contributed by atoms with E-state index in [-0.39, 0.29) is 0 Å². The molecular weight excluding hydrogens is 338 g/mol. The van der Waals surface area contributed by atoms with E-state index < -0.39 is 0 Å². The Hall–Kier alpha value is -0.970. The second-order valence-corrected chi connectivity index (χ2v) is 6.63. The third kappa shape index (κ3) is 2.16. The van der Waals surface area contributed by atoms with Crippen LogP contribution < -0.4 is 5.32 Å². The lowest BCUT2D eigenvalue weighted by Gasteiger charge is -2.09. The van der Waals surface area contributed by atoms with Gasteiger partial charge in [-0.2, -0.15) is 0 Å². The molecule has 5 heteroatoms. The molecule has 1 fully saturated rings. The summed E-state index contributed by atoms with van der Waals surface area (Å²) in [5.41, 5.74) is 4.74. The van der Waals surface area contributed by atoms with Crippen LogP contribution in [0, 0.1) is 0 Å². The van der Waals surface area contributed by atoms with Crippen molar-refractivity contribution < 1.29 is 0 Å². The Morgan fingerprint density at radius 1 is 1.20 bits per heavy atom. The average molecular weight is 351 g/mol. The van der Waals surface area contributed by atoms with Crippen molar-refractivity contribution in [1.82, 2.24) is 15.3 Å². The van der Waals surface area contributed by atoms with Gasteiger partial charge in [0.25, 0.3) is 0 Å². The van der Waals surface area contributed by atoms with E-state index in [1.165, 1.54) is 24.1 Å². The summed E-state index contributed by atoms with van der Waals surface area (Å²) in [7, 11) is 0. The number of aromatic nitrogens is 2. The molecule has 2 aliphatic rings. The smallest absolute Gasteiger partial charge is 0.159 e. The van der Waals surface area contributed by atoms with E-state index >= 15 is 0 Å². The van der Waals surface area contributed by atoms with Gasteiger partial charge in [0.15, 0.2) is 5.82 Å². The van der Waals surface area contributed by atoms with Crippen molar-refractivity contribution in [3.8, 4) is 11.4 Å². The van der Waals surface area contributed by atoms with Gasteiger partial charge in [-0.15, -0.1) is 0 Å². The monoisotopic (exact) mass is 349 g/mol. The number of fused-ring (bicyclic) bond motifs is 1. The number of nitrogens with one attached hydrogen (secondary N) is 1. The van der Waals surface area contributed by atoms with Crippen LogP contribution in [0.3, 0.4) is 0 Å². The second-order valence-electron chi connectivity index (χ2n) is 5.36. The fraction of sp³-hybridized carbons (Fsp3) is 0.333. The van der Waals surface area contributed by atoms with Crippen LogP contribution in [0.15, 0.2) is 22.7 Å². The highest BCUT2D eigenvalue weighted by Crippen LogP contribution is 2.42. The van der Waals surface area contributed by atoms with Crippen molar-refractivity contribution in [3.05, 3.63) is 44.6 Å². The Kier molecular flexibility index (Phi) is 3.05. The first-order chi connectivity index (χ1) is 9.72. The van der Waals surface area contributed by atoms with Crippen LogP contribution in [0.2, 0.25) is 5.02 Å². The predicted octanol–water partition coefficient (Wildman–Crippen LogP) is 4.04. The van der Waals surface area contributed by atoms with Gasteiger partial charge in [0.05, 0.1) is 16.4 Å². The van der Waals surface area contributed by atoms with E-state index in [1.54, 1.807) is 0 Å². The first kappa shape index (κ1) is 12.7. The molecule has 0 atom stereocenters. The lowest BCUT2D eigenvalue weighted by atomic mass is 10.1. The van der Waals surface area contributed by atoms with Crippen LogP contribution >= 0.6 is 27.5 Å². The van der Waals surface area contributed by atoms with Crippen LogP contribution in [0.25, 0.3) is 11.4 Å². The standard InChI is InChI=1S/C15H13BrClN3/c16-11-5-9(3-4-12(11)17)15-19-13-7-18-6-10(13)14(20-15)8-1-2-8/h3-5,8,18H,1-2,6-7H2. The Morgan fingerprint density at radius 2 is 2.05 bits per heavy atom. The lowest BCUT2D eigenvalue weighted by Crippen LogP contribution is -2.02. The van der Waals surface area contributed by atoms with Gasteiger partial charge in [-0.3, -0.25) is 0 Å². The summed E-state index contributed by atoms with van der Waals surface area (Å²) in [5.74, 6) is 1.45. The fourth-order valence-corrected chi connectivity index (χ4v) is 3.15. The van der Waals surface area contributed by atoms with Gasteiger partial charge in [0.1, 0.15) is 0 Å². The largest absolute Gasteiger partial charge is 0.307 e. The van der Waals surface area contributed by atoms with E-state index in [1.807, 2.05) is 18.2 Å². The molecule has 0 saturated heterocycles. The summed E-state index contributed by atoms with van der Waals surface area (Å²) in [6, 6.07) is 5.85. The van der Waals surface area contributed by atoms with E-state index in [2.05, 4.69) is 21.2 Å². The minimum Gasteiger partial charge on any atom is -0.307 e. The lowest BCUT2D eigenvalue weighted by molar-refractivity contribution is 0.755. The Bertz CT molecular complexity index is 698. The molecule has 1 aliphatic carbocycles. The number of hydrogen-bond donors (Lipinski definition) is 1. The van der Waals surface area contributed by atoms with Crippen LogP contribution in [-0.2, 0) is 13.1 Å². The van der Waals surface area contributed by atoms with Gasteiger partial charge in [-0.1, -0.05) is 11.6 Å². The summed E-state index contributed by atoms with van der Waals surface area (Å²) >= 11 is 9.52. The molecule has 0 spiro atoms. The molecule has 102 valence electrons. The number of halogens is 2. The molecule has 4 rings (SSSR count). The quantitative estimate of drug-likeness (QED) is 0.888. The molecule has 0 unspecified atom stereocenters. The molecule has 0 amide bonds. The summed E-state index contributed by atoms with van der Waals surface area (Å²) < 4.78 is 0.881. The third-order valence-corrected chi connectivity index (χ3v) is 5.07. The molecule has 1 aromatic heterocycles. The minimum absolute atomic E-state index is 0.640. The number of benzene rings is 1. The first-order valence-corrected chi connectivity index (χ1v) is 7.95. The van der Waals surface area contributed by atoms with Crippen molar-refractivity contribution >= 4 is 27.5 Å². The second kappa shape index (κ2) is 4.79. The van der Waals surface area contributed by atoms with E-state index in [4.69, 9.17) is 21.6 Å². The van der Waals surface area contributed by atoms with Crippen LogP contribution in [0.1, 0.15) is 35.7 Å². The zero-order valence-corrected chi connectivity index (χ0v) is 13.1. The maximum absolute atomic E-state index is 6.06. The van der Waals surface area contributed by atoms with Gasteiger partial charge < -0.3 is 5.32 Å². The van der Waals surface area contributed by atoms with Crippen molar-refractivity contribution in [1.29, 1.82) is 0 Å². The maximum atomic E-state index is 6.06. The number of hydrogen-bond acceptors (Lipinski definition) is 3. The summed E-state index contributed by atoms with van der Waals surface area (Å²) in [6.07, 6.45) is 2.51. The Morgan fingerprint density at radius 3 is 2.80 bits per heavy atom. The number of nitrogens with zero attached hydrogens (tertiary/aromatic N) is 2. The Labute approximate surface area is 130 Å². The molecule has 1 aliphatic heterocycles. The van der Waals surface area contributed by atoms with Gasteiger partial charge in [-0.25, -0.2) is 9.97 Å². The normalized spacial score (nSPS) is 17.3. The van der Waals surface area contributed by atoms with Crippen molar-refractivity contribution in [2.75, 3.05) is 0 Å². The summed E-state index contributed by atoms with van der Waals surface area (Å²) in [5, 5.41) is 4.08. The maximum Gasteiger partial charge on any atom is 0.159 e. The van der Waals surface area contributed by atoms with Gasteiger partial charge in [-0.05, 0) is 47.0 Å². The number of rotatable bonds is 2. The molecular formula is C15H13BrClN3. The van der Waals surface area contributed by atoms with Gasteiger partial charge in [0, 0.05) is 34.6 Å². The van der Waals surface area contributed by atoms with Crippen molar-refractivity contribution in [2.45, 2.75) is 31.8 Å². The molecule has 3 nitrogen and oxygen atoms in total. The summed E-state index contributed by atoms with van der Waals surface area (Å²) in [6.45, 7) is 1.76. The van der Waals surface area contributed by atoms with Crippen molar-refractivity contribution in [3.63, 3.8) is 0 Å². The summed E-state index contributed by atoms with van der Waals surface area (Å²) in [4.78, 5) is 9.56. The molecule has 2 aromatic rings.